The zero-order valence-corrected chi connectivity index (χ0v) is 13.6. The first-order valence-corrected chi connectivity index (χ1v) is 7.75. The van der Waals surface area contributed by atoms with Crippen molar-refractivity contribution in [2.75, 3.05) is 25.1 Å². The third kappa shape index (κ3) is 4.51. The Bertz CT molecular complexity index is 600. The maximum Gasteiger partial charge on any atom is 0.227 e. The van der Waals surface area contributed by atoms with Crippen LogP contribution in [0.15, 0.2) is 36.5 Å². The topological polar surface area (TPSA) is 63.2 Å². The lowest BCUT2D eigenvalue weighted by atomic mass is 10.2. The molecule has 0 bridgehead atoms. The minimum atomic E-state index is -0.0352. The van der Waals surface area contributed by atoms with E-state index in [9.17, 15) is 4.79 Å². The highest BCUT2D eigenvalue weighted by molar-refractivity contribution is 7.19. The van der Waals surface area contributed by atoms with Gasteiger partial charge < -0.3 is 15.4 Å². The SMILES string of the molecule is Cl.O=C(CC1COCCN1)Nc1ncc(-c2ccccc2)s1. The van der Waals surface area contributed by atoms with Crippen LogP contribution in [0.4, 0.5) is 5.13 Å². The highest BCUT2D eigenvalue weighted by atomic mass is 35.5. The fraction of sp³-hybridized carbons (Fsp3) is 0.333. The predicted molar refractivity (Wildman–Crippen MR) is 90.7 cm³/mol. The molecule has 7 heteroatoms. The average Bonchev–Trinajstić information content (AvgIpc) is 2.97. The summed E-state index contributed by atoms with van der Waals surface area (Å²) in [6.07, 6.45) is 2.19. The summed E-state index contributed by atoms with van der Waals surface area (Å²) in [5.74, 6) is -0.0352. The largest absolute Gasteiger partial charge is 0.378 e. The molecule has 1 aliphatic rings. The molecule has 1 amide bonds. The van der Waals surface area contributed by atoms with Crippen molar-refractivity contribution in [1.29, 1.82) is 0 Å². The number of ether oxygens (including phenoxy) is 1. The van der Waals surface area contributed by atoms with E-state index >= 15 is 0 Å². The van der Waals surface area contributed by atoms with Gasteiger partial charge in [0.25, 0.3) is 0 Å². The summed E-state index contributed by atoms with van der Waals surface area (Å²) in [6, 6.07) is 10.1. The summed E-state index contributed by atoms with van der Waals surface area (Å²) in [6.45, 7) is 2.10. The van der Waals surface area contributed by atoms with E-state index in [0.717, 1.165) is 17.0 Å². The van der Waals surface area contributed by atoms with Crippen molar-refractivity contribution in [1.82, 2.24) is 10.3 Å². The van der Waals surface area contributed by atoms with Gasteiger partial charge in [0.2, 0.25) is 5.91 Å². The number of hydrogen-bond donors (Lipinski definition) is 2. The molecule has 22 heavy (non-hydrogen) atoms. The standard InChI is InChI=1S/C15H17N3O2S.ClH/c19-14(8-12-10-20-7-6-16-12)18-15-17-9-13(21-15)11-4-2-1-3-5-11;/h1-5,9,12,16H,6-8,10H2,(H,17,18,19);1H. The Labute approximate surface area is 139 Å². The number of carbonyl (C=O) groups is 1. The minimum Gasteiger partial charge on any atom is -0.378 e. The fourth-order valence-electron chi connectivity index (χ4n) is 2.21. The quantitative estimate of drug-likeness (QED) is 0.898. The molecule has 1 unspecified atom stereocenters. The summed E-state index contributed by atoms with van der Waals surface area (Å²) >= 11 is 1.48. The van der Waals surface area contributed by atoms with Gasteiger partial charge in [0, 0.05) is 25.2 Å². The van der Waals surface area contributed by atoms with Crippen LogP contribution in [0.5, 0.6) is 0 Å². The van der Waals surface area contributed by atoms with Gasteiger partial charge in [-0.05, 0) is 5.56 Å². The lowest BCUT2D eigenvalue weighted by Crippen LogP contribution is -2.43. The van der Waals surface area contributed by atoms with E-state index < -0.39 is 0 Å². The molecule has 0 spiro atoms. The number of halogens is 1. The second-order valence-electron chi connectivity index (χ2n) is 4.87. The van der Waals surface area contributed by atoms with Crippen molar-refractivity contribution < 1.29 is 9.53 Å². The van der Waals surface area contributed by atoms with Crippen LogP contribution in [0.2, 0.25) is 0 Å². The monoisotopic (exact) mass is 339 g/mol. The minimum absolute atomic E-state index is 0. The van der Waals surface area contributed by atoms with Crippen molar-refractivity contribution in [3.63, 3.8) is 0 Å². The Hall–Kier alpha value is -1.47. The maximum atomic E-state index is 12.0. The normalized spacial score (nSPS) is 17.5. The van der Waals surface area contributed by atoms with Crippen molar-refractivity contribution >= 4 is 34.8 Å². The predicted octanol–water partition coefficient (Wildman–Crippen LogP) is 2.55. The third-order valence-corrected chi connectivity index (χ3v) is 4.20. The third-order valence-electron chi connectivity index (χ3n) is 3.24. The Balaban J connectivity index is 0.00000176. The van der Waals surface area contributed by atoms with Gasteiger partial charge >= 0.3 is 0 Å². The molecule has 2 heterocycles. The second kappa shape index (κ2) is 8.24. The number of nitrogens with zero attached hydrogens (tertiary/aromatic N) is 1. The fourth-order valence-corrected chi connectivity index (χ4v) is 3.05. The maximum absolute atomic E-state index is 12.0. The lowest BCUT2D eigenvalue weighted by molar-refractivity contribution is -0.117. The van der Waals surface area contributed by atoms with Crippen LogP contribution in [-0.4, -0.2) is 36.7 Å². The summed E-state index contributed by atoms with van der Waals surface area (Å²) in [5, 5.41) is 6.75. The molecule has 1 saturated heterocycles. The molecule has 5 nitrogen and oxygen atoms in total. The molecule has 3 rings (SSSR count). The molecule has 2 aromatic rings. The number of carbonyl (C=O) groups excluding carboxylic acids is 1. The second-order valence-corrected chi connectivity index (χ2v) is 5.90. The lowest BCUT2D eigenvalue weighted by Gasteiger charge is -2.22. The van der Waals surface area contributed by atoms with Crippen LogP contribution in [0.3, 0.4) is 0 Å². The highest BCUT2D eigenvalue weighted by Crippen LogP contribution is 2.28. The summed E-state index contributed by atoms with van der Waals surface area (Å²) in [4.78, 5) is 17.3. The Morgan fingerprint density at radius 1 is 1.41 bits per heavy atom. The molecule has 118 valence electrons. The number of hydrogen-bond acceptors (Lipinski definition) is 5. The summed E-state index contributed by atoms with van der Waals surface area (Å²) < 4.78 is 5.34. The van der Waals surface area contributed by atoms with Crippen LogP contribution in [0.1, 0.15) is 6.42 Å². The van der Waals surface area contributed by atoms with Gasteiger partial charge in [0.05, 0.1) is 18.1 Å². The first kappa shape index (κ1) is 16.9. The number of amides is 1. The molecule has 1 aliphatic heterocycles. The molecule has 0 saturated carbocycles. The number of benzene rings is 1. The van der Waals surface area contributed by atoms with Crippen molar-refractivity contribution in [2.45, 2.75) is 12.5 Å². The molecule has 1 aromatic carbocycles. The number of nitrogens with one attached hydrogen (secondary N) is 2. The summed E-state index contributed by atoms with van der Waals surface area (Å²) in [5.41, 5.74) is 1.11. The van der Waals surface area contributed by atoms with E-state index in [4.69, 9.17) is 4.74 Å². The molecule has 2 N–H and O–H groups in total. The van der Waals surface area contributed by atoms with E-state index in [2.05, 4.69) is 15.6 Å². The zero-order valence-electron chi connectivity index (χ0n) is 12.0. The first-order valence-electron chi connectivity index (χ1n) is 6.93. The smallest absolute Gasteiger partial charge is 0.227 e. The molecule has 0 radical (unpaired) electrons. The van der Waals surface area contributed by atoms with Gasteiger partial charge in [-0.2, -0.15) is 0 Å². The van der Waals surface area contributed by atoms with E-state index in [-0.39, 0.29) is 24.4 Å². The Kier molecular flexibility index (Phi) is 6.33. The van der Waals surface area contributed by atoms with Crippen LogP contribution < -0.4 is 10.6 Å². The number of anilines is 1. The van der Waals surface area contributed by atoms with Crippen molar-refractivity contribution in [2.24, 2.45) is 0 Å². The van der Waals surface area contributed by atoms with E-state index in [1.54, 1.807) is 6.20 Å². The molecular formula is C15H18ClN3O2S. The van der Waals surface area contributed by atoms with Crippen LogP contribution >= 0.6 is 23.7 Å². The van der Waals surface area contributed by atoms with Crippen molar-refractivity contribution in [3.8, 4) is 10.4 Å². The van der Waals surface area contributed by atoms with Gasteiger partial charge in [-0.25, -0.2) is 4.98 Å². The van der Waals surface area contributed by atoms with E-state index in [1.807, 2.05) is 30.3 Å². The molecule has 0 aliphatic carbocycles. The average molecular weight is 340 g/mol. The molecule has 1 fully saturated rings. The van der Waals surface area contributed by atoms with Gasteiger partial charge in [0.15, 0.2) is 5.13 Å². The molecular weight excluding hydrogens is 322 g/mol. The first-order chi connectivity index (χ1) is 10.3. The Morgan fingerprint density at radius 3 is 2.95 bits per heavy atom. The number of morpholine rings is 1. The number of aromatic nitrogens is 1. The number of thiazole rings is 1. The Morgan fingerprint density at radius 2 is 2.23 bits per heavy atom. The highest BCUT2D eigenvalue weighted by Gasteiger charge is 2.17. The van der Waals surface area contributed by atoms with Gasteiger partial charge in [-0.3, -0.25) is 4.79 Å². The zero-order chi connectivity index (χ0) is 14.5. The van der Waals surface area contributed by atoms with Gasteiger partial charge in [0.1, 0.15) is 0 Å². The van der Waals surface area contributed by atoms with E-state index in [0.29, 0.717) is 24.8 Å². The number of rotatable bonds is 4. The molecule has 1 aromatic heterocycles. The van der Waals surface area contributed by atoms with Gasteiger partial charge in [-0.15, -0.1) is 12.4 Å². The summed E-state index contributed by atoms with van der Waals surface area (Å²) in [7, 11) is 0. The van der Waals surface area contributed by atoms with Gasteiger partial charge in [-0.1, -0.05) is 41.7 Å². The van der Waals surface area contributed by atoms with Crippen molar-refractivity contribution in [3.05, 3.63) is 36.5 Å². The van der Waals surface area contributed by atoms with Crippen LogP contribution in [-0.2, 0) is 9.53 Å². The van der Waals surface area contributed by atoms with E-state index in [1.165, 1.54) is 11.3 Å². The molecule has 1 atom stereocenters. The van der Waals surface area contributed by atoms with Crippen LogP contribution in [0.25, 0.3) is 10.4 Å². The van der Waals surface area contributed by atoms with Crippen LogP contribution in [0, 0.1) is 0 Å².